The van der Waals surface area contributed by atoms with Crippen molar-refractivity contribution < 1.29 is 4.42 Å². The summed E-state index contributed by atoms with van der Waals surface area (Å²) in [5.74, 6) is 2.18. The minimum Gasteiger partial charge on any atom is -0.444 e. The summed E-state index contributed by atoms with van der Waals surface area (Å²) >= 11 is 0. The summed E-state index contributed by atoms with van der Waals surface area (Å²) < 4.78 is 7.57. The number of aryl methyl sites for hydroxylation is 4. The summed E-state index contributed by atoms with van der Waals surface area (Å²) in [5, 5.41) is 11.2. The van der Waals surface area contributed by atoms with E-state index in [0.717, 1.165) is 34.1 Å². The minimum atomic E-state index is 0. The van der Waals surface area contributed by atoms with Crippen molar-refractivity contribution in [3.8, 4) is 5.69 Å². The van der Waals surface area contributed by atoms with Crippen LogP contribution in [0.3, 0.4) is 0 Å². The van der Waals surface area contributed by atoms with Crippen LogP contribution in [-0.4, -0.2) is 27.8 Å². The van der Waals surface area contributed by atoms with Gasteiger partial charge in [0.1, 0.15) is 5.76 Å². The topological polar surface area (TPSA) is 80.3 Å². The number of nitrogens with zero attached hydrogens (tertiary/aromatic N) is 4. The number of hydrogen-bond donors (Lipinski definition) is 2. The van der Waals surface area contributed by atoms with E-state index in [4.69, 9.17) is 4.42 Å². The second kappa shape index (κ2) is 9.72. The van der Waals surface area contributed by atoms with E-state index in [-0.39, 0.29) is 24.0 Å². The molecule has 0 unspecified atom stereocenters. The maximum Gasteiger partial charge on any atom is 0.214 e. The van der Waals surface area contributed by atoms with Crippen LogP contribution in [0.1, 0.15) is 34.3 Å². The molecule has 0 aliphatic carbocycles. The van der Waals surface area contributed by atoms with Crippen LogP contribution in [-0.2, 0) is 13.1 Å². The molecule has 2 N–H and O–H groups in total. The summed E-state index contributed by atoms with van der Waals surface area (Å²) in [7, 11) is 1.74. The normalized spacial score (nSPS) is 11.2. The monoisotopic (exact) mass is 494 g/mol. The highest BCUT2D eigenvalue weighted by atomic mass is 127. The zero-order chi connectivity index (χ0) is 19.4. The van der Waals surface area contributed by atoms with E-state index in [9.17, 15) is 0 Å². The predicted octanol–water partition coefficient (Wildman–Crippen LogP) is 3.58. The Morgan fingerprint density at radius 1 is 1.11 bits per heavy atom. The maximum atomic E-state index is 5.60. The Morgan fingerprint density at radius 2 is 1.82 bits per heavy atom. The number of aromatic nitrogens is 3. The van der Waals surface area contributed by atoms with Crippen molar-refractivity contribution in [2.24, 2.45) is 4.99 Å². The largest absolute Gasteiger partial charge is 0.444 e. The van der Waals surface area contributed by atoms with Crippen molar-refractivity contribution in [3.63, 3.8) is 0 Å². The summed E-state index contributed by atoms with van der Waals surface area (Å²) in [5.41, 5.74) is 5.22. The molecule has 0 spiro atoms. The van der Waals surface area contributed by atoms with Gasteiger partial charge in [0.2, 0.25) is 5.89 Å². The Balaban J connectivity index is 0.00000280. The van der Waals surface area contributed by atoms with Crippen LogP contribution in [0.2, 0.25) is 0 Å². The van der Waals surface area contributed by atoms with Gasteiger partial charge >= 0.3 is 0 Å². The van der Waals surface area contributed by atoms with E-state index in [2.05, 4.69) is 50.8 Å². The molecule has 0 amide bonds. The number of benzene rings is 1. The molecule has 28 heavy (non-hydrogen) atoms. The molecule has 7 nitrogen and oxygen atoms in total. The molecule has 0 aliphatic rings. The third-order valence-corrected chi connectivity index (χ3v) is 4.38. The highest BCUT2D eigenvalue weighted by Gasteiger charge is 2.10. The molecule has 8 heteroatoms. The van der Waals surface area contributed by atoms with Crippen LogP contribution in [0.5, 0.6) is 0 Å². The molecular formula is C20H27IN6O. The molecule has 2 aromatic heterocycles. The lowest BCUT2D eigenvalue weighted by Gasteiger charge is -2.14. The standard InChI is InChI=1S/C20H26N6O.HI/c1-13-10-14(2)26(25-13)18-9-7-6-8-17(18)11-22-20(21-5)23-12-19-24-15(3)16(4)27-19;/h6-10H,11-12H2,1-5H3,(H2,21,22,23);1H. The van der Waals surface area contributed by atoms with E-state index in [1.54, 1.807) is 7.05 Å². The zero-order valence-electron chi connectivity index (χ0n) is 16.9. The van der Waals surface area contributed by atoms with Crippen molar-refractivity contribution in [2.45, 2.75) is 40.8 Å². The molecule has 0 aliphatic heterocycles. The third-order valence-electron chi connectivity index (χ3n) is 4.38. The fraction of sp³-hybridized carbons (Fsp3) is 0.350. The number of rotatable bonds is 5. The highest BCUT2D eigenvalue weighted by Crippen LogP contribution is 2.17. The van der Waals surface area contributed by atoms with Crippen molar-refractivity contribution in [1.29, 1.82) is 0 Å². The molecule has 0 saturated carbocycles. The van der Waals surface area contributed by atoms with E-state index in [1.165, 1.54) is 0 Å². The Kier molecular flexibility index (Phi) is 7.61. The second-order valence-electron chi connectivity index (χ2n) is 6.50. The maximum absolute atomic E-state index is 5.60. The number of aliphatic imine (C=N–C) groups is 1. The van der Waals surface area contributed by atoms with Crippen molar-refractivity contribution >= 4 is 29.9 Å². The van der Waals surface area contributed by atoms with Gasteiger partial charge in [0, 0.05) is 19.3 Å². The van der Waals surface area contributed by atoms with E-state index in [0.29, 0.717) is 24.9 Å². The van der Waals surface area contributed by atoms with Gasteiger partial charge in [0.15, 0.2) is 5.96 Å². The first-order valence-electron chi connectivity index (χ1n) is 8.97. The Morgan fingerprint density at radius 3 is 2.43 bits per heavy atom. The molecule has 150 valence electrons. The highest BCUT2D eigenvalue weighted by molar-refractivity contribution is 14.0. The van der Waals surface area contributed by atoms with Gasteiger partial charge in [0.05, 0.1) is 23.6 Å². The molecule has 0 atom stereocenters. The van der Waals surface area contributed by atoms with Crippen LogP contribution in [0.4, 0.5) is 0 Å². The molecule has 0 saturated heterocycles. The first-order chi connectivity index (χ1) is 13.0. The van der Waals surface area contributed by atoms with Gasteiger partial charge in [-0.3, -0.25) is 4.99 Å². The number of hydrogen-bond acceptors (Lipinski definition) is 4. The first kappa shape index (κ1) is 21.9. The Labute approximate surface area is 182 Å². The van der Waals surface area contributed by atoms with Crippen LogP contribution < -0.4 is 10.6 Å². The number of halogens is 1. The average molecular weight is 494 g/mol. The quantitative estimate of drug-likeness (QED) is 0.322. The minimum absolute atomic E-state index is 0. The second-order valence-corrected chi connectivity index (χ2v) is 6.50. The lowest BCUT2D eigenvalue weighted by Crippen LogP contribution is -2.36. The van der Waals surface area contributed by atoms with Gasteiger partial charge in [-0.05, 0) is 45.4 Å². The summed E-state index contributed by atoms with van der Waals surface area (Å²) in [6.45, 7) is 9.01. The molecule has 3 rings (SSSR count). The van der Waals surface area contributed by atoms with Gasteiger partial charge in [-0.15, -0.1) is 24.0 Å². The Hall–Kier alpha value is -2.36. The fourth-order valence-electron chi connectivity index (χ4n) is 2.91. The molecule has 1 aromatic carbocycles. The smallest absolute Gasteiger partial charge is 0.214 e. The van der Waals surface area contributed by atoms with Gasteiger partial charge in [0.25, 0.3) is 0 Å². The van der Waals surface area contributed by atoms with Crippen LogP contribution in [0.15, 0.2) is 39.7 Å². The zero-order valence-corrected chi connectivity index (χ0v) is 19.2. The van der Waals surface area contributed by atoms with Gasteiger partial charge in [-0.25, -0.2) is 9.67 Å². The van der Waals surface area contributed by atoms with E-state index in [1.807, 2.05) is 37.6 Å². The number of guanidine groups is 1. The number of oxazole rings is 1. The molecule has 0 radical (unpaired) electrons. The van der Waals surface area contributed by atoms with Gasteiger partial charge < -0.3 is 15.1 Å². The van der Waals surface area contributed by atoms with E-state index < -0.39 is 0 Å². The Bertz CT molecular complexity index is 940. The van der Waals surface area contributed by atoms with Crippen molar-refractivity contribution in [3.05, 3.63) is 64.6 Å². The predicted molar refractivity (Wildman–Crippen MR) is 121 cm³/mol. The lowest BCUT2D eigenvalue weighted by atomic mass is 10.1. The van der Waals surface area contributed by atoms with E-state index >= 15 is 0 Å². The van der Waals surface area contributed by atoms with Crippen LogP contribution in [0.25, 0.3) is 5.69 Å². The average Bonchev–Trinajstić information content (AvgIpc) is 3.16. The number of nitrogens with one attached hydrogen (secondary N) is 2. The van der Waals surface area contributed by atoms with Gasteiger partial charge in [-0.2, -0.15) is 5.10 Å². The number of para-hydroxylation sites is 1. The SMILES string of the molecule is CN=C(NCc1nc(C)c(C)o1)NCc1ccccc1-n1nc(C)cc1C.I. The van der Waals surface area contributed by atoms with Crippen LogP contribution in [0, 0.1) is 27.7 Å². The van der Waals surface area contributed by atoms with Crippen molar-refractivity contribution in [2.75, 3.05) is 7.05 Å². The molecule has 0 fully saturated rings. The first-order valence-corrected chi connectivity index (χ1v) is 8.97. The van der Waals surface area contributed by atoms with Gasteiger partial charge in [-0.1, -0.05) is 18.2 Å². The molecule has 3 aromatic rings. The molecule has 0 bridgehead atoms. The summed E-state index contributed by atoms with van der Waals surface area (Å²) in [6, 6.07) is 10.3. The molecule has 2 heterocycles. The van der Waals surface area contributed by atoms with Crippen molar-refractivity contribution in [1.82, 2.24) is 25.4 Å². The lowest BCUT2D eigenvalue weighted by molar-refractivity contribution is 0.463. The third kappa shape index (κ3) is 5.12. The van der Waals surface area contributed by atoms with Crippen LogP contribution >= 0.6 is 24.0 Å². The summed E-state index contributed by atoms with van der Waals surface area (Å²) in [4.78, 5) is 8.65. The molecular weight excluding hydrogens is 467 g/mol. The fourth-order valence-corrected chi connectivity index (χ4v) is 2.91. The summed E-state index contributed by atoms with van der Waals surface area (Å²) in [6.07, 6.45) is 0.